The minimum atomic E-state index is -1.83. The van der Waals surface area contributed by atoms with Crippen LogP contribution in [0.1, 0.15) is 54.4 Å². The molecule has 0 amide bonds. The van der Waals surface area contributed by atoms with E-state index in [2.05, 4.69) is 41.5 Å². The topological polar surface area (TPSA) is 26.3 Å². The van der Waals surface area contributed by atoms with Gasteiger partial charge in [0.2, 0.25) is 8.32 Å². The highest BCUT2D eigenvalue weighted by atomic mass is 28.4. The Kier molecular flexibility index (Phi) is 3.45. The number of carbonyl (C=O) groups excluding carboxylic acids is 1. The molecule has 4 fully saturated rings. The summed E-state index contributed by atoms with van der Waals surface area (Å²) in [5, 5.41) is 0. The van der Waals surface area contributed by atoms with Crippen LogP contribution in [0.15, 0.2) is 0 Å². The molecule has 0 aromatic rings. The summed E-state index contributed by atoms with van der Waals surface area (Å²) in [7, 11) is -1.83. The zero-order valence-electron chi connectivity index (χ0n) is 13.8. The van der Waals surface area contributed by atoms with Crippen LogP contribution in [0.5, 0.6) is 0 Å². The van der Waals surface area contributed by atoms with Gasteiger partial charge in [-0.25, -0.2) is 0 Å². The van der Waals surface area contributed by atoms with E-state index in [1.54, 1.807) is 0 Å². The monoisotopic (exact) mass is 294 g/mol. The van der Waals surface area contributed by atoms with Crippen LogP contribution in [-0.4, -0.2) is 20.2 Å². The molecule has 0 spiro atoms. The first-order chi connectivity index (χ1) is 9.30. The van der Waals surface area contributed by atoms with Gasteiger partial charge >= 0.3 is 0 Å². The number of rotatable bonds is 5. The molecule has 5 atom stereocenters. The highest BCUT2D eigenvalue weighted by Gasteiger charge is 2.67. The highest BCUT2D eigenvalue weighted by molar-refractivity contribution is 6.77. The molecule has 0 N–H and O–H groups in total. The minimum Gasteiger partial charge on any atom is -0.412 e. The second-order valence-corrected chi connectivity index (χ2v) is 13.7. The van der Waals surface area contributed by atoms with Crippen molar-refractivity contribution in [3.8, 4) is 0 Å². The Balaban J connectivity index is 1.87. The molecule has 0 aromatic heterocycles. The Morgan fingerprint density at radius 1 is 1.00 bits per heavy atom. The summed E-state index contributed by atoms with van der Waals surface area (Å²) in [6, 6.07) is 0. The summed E-state index contributed by atoms with van der Waals surface area (Å²) < 4.78 is 6.96. The Labute approximate surface area is 124 Å². The number of ketones is 1. The molecule has 0 aromatic carbocycles. The van der Waals surface area contributed by atoms with Gasteiger partial charge in [-0.1, -0.05) is 41.5 Å². The Morgan fingerprint density at radius 3 is 1.90 bits per heavy atom. The second kappa shape index (κ2) is 4.67. The van der Waals surface area contributed by atoms with Gasteiger partial charge in [-0.15, -0.1) is 0 Å². The Bertz CT molecular complexity index is 393. The van der Waals surface area contributed by atoms with Gasteiger partial charge in [0.15, 0.2) is 0 Å². The predicted molar refractivity (Wildman–Crippen MR) is 84.1 cm³/mol. The lowest BCUT2D eigenvalue weighted by Gasteiger charge is -2.45. The van der Waals surface area contributed by atoms with Crippen molar-refractivity contribution in [1.29, 1.82) is 0 Å². The predicted octanol–water partition coefficient (Wildman–Crippen LogP) is 4.40. The molecule has 0 aliphatic heterocycles. The summed E-state index contributed by atoms with van der Waals surface area (Å²) >= 11 is 0. The molecule has 4 aliphatic carbocycles. The van der Waals surface area contributed by atoms with E-state index in [9.17, 15) is 4.79 Å². The van der Waals surface area contributed by atoms with Crippen LogP contribution in [0.2, 0.25) is 16.6 Å². The summed E-state index contributed by atoms with van der Waals surface area (Å²) in [5.74, 6) is 2.43. The van der Waals surface area contributed by atoms with Gasteiger partial charge < -0.3 is 4.43 Å². The van der Waals surface area contributed by atoms with Gasteiger partial charge in [-0.05, 0) is 41.3 Å². The van der Waals surface area contributed by atoms with Crippen molar-refractivity contribution in [2.75, 3.05) is 0 Å². The van der Waals surface area contributed by atoms with Crippen LogP contribution in [-0.2, 0) is 9.22 Å². The van der Waals surface area contributed by atoms with E-state index in [-0.39, 0.29) is 12.0 Å². The van der Waals surface area contributed by atoms with E-state index >= 15 is 0 Å². The fraction of sp³-hybridized carbons (Fsp3) is 0.941. The Hall–Kier alpha value is -0.153. The van der Waals surface area contributed by atoms with Crippen molar-refractivity contribution in [2.24, 2.45) is 23.7 Å². The normalized spacial score (nSPS) is 39.2. The first kappa shape index (κ1) is 14.8. The average Bonchev–Trinajstić information content (AvgIpc) is 3.02. The van der Waals surface area contributed by atoms with Gasteiger partial charge in [-0.3, -0.25) is 4.79 Å². The SMILES string of the molecule is CC(C)[Si](O[C@@H]1[C@H]2C[C@@H]3C[C@H]2C(=O)[C@@H]31)(C(C)C)C(C)C. The van der Waals surface area contributed by atoms with Crippen molar-refractivity contribution < 1.29 is 9.22 Å². The lowest BCUT2D eigenvalue weighted by Crippen LogP contribution is -2.51. The summed E-state index contributed by atoms with van der Waals surface area (Å²) in [6.45, 7) is 14.0. The number of hydrogen-bond donors (Lipinski definition) is 0. The van der Waals surface area contributed by atoms with Crippen molar-refractivity contribution >= 4 is 14.1 Å². The summed E-state index contributed by atoms with van der Waals surface area (Å²) in [6.07, 6.45) is 2.73. The van der Waals surface area contributed by atoms with E-state index < -0.39 is 8.32 Å². The van der Waals surface area contributed by atoms with Crippen LogP contribution >= 0.6 is 0 Å². The van der Waals surface area contributed by atoms with Gasteiger partial charge in [0, 0.05) is 11.8 Å². The minimum absolute atomic E-state index is 0.271. The van der Waals surface area contributed by atoms with Gasteiger partial charge in [0.25, 0.3) is 0 Å². The third-order valence-corrected chi connectivity index (χ3v) is 12.8. The quantitative estimate of drug-likeness (QED) is 0.702. The fourth-order valence-corrected chi connectivity index (χ4v) is 11.7. The third kappa shape index (κ3) is 1.68. The third-order valence-electron chi connectivity index (χ3n) is 6.67. The fourth-order valence-electron chi connectivity index (χ4n) is 6.08. The molecule has 0 heterocycles. The van der Waals surface area contributed by atoms with Gasteiger partial charge in [-0.2, -0.15) is 0 Å². The molecule has 4 bridgehead atoms. The van der Waals surface area contributed by atoms with Crippen LogP contribution in [0, 0.1) is 23.7 Å². The van der Waals surface area contributed by atoms with Crippen LogP contribution in [0.4, 0.5) is 0 Å². The maximum Gasteiger partial charge on any atom is 0.200 e. The molecule has 4 rings (SSSR count). The molecular formula is C17H30O2Si. The second-order valence-electron chi connectivity index (χ2n) is 8.33. The molecule has 4 saturated carbocycles. The van der Waals surface area contributed by atoms with Crippen LogP contribution in [0.3, 0.4) is 0 Å². The van der Waals surface area contributed by atoms with Crippen molar-refractivity contribution in [3.63, 3.8) is 0 Å². The molecule has 0 radical (unpaired) electrons. The van der Waals surface area contributed by atoms with E-state index in [0.29, 0.717) is 40.2 Å². The van der Waals surface area contributed by atoms with Gasteiger partial charge in [0.1, 0.15) is 5.78 Å². The molecule has 4 aliphatic rings. The van der Waals surface area contributed by atoms with E-state index in [0.717, 1.165) is 0 Å². The largest absolute Gasteiger partial charge is 0.412 e. The van der Waals surface area contributed by atoms with Crippen molar-refractivity contribution in [2.45, 2.75) is 77.1 Å². The molecule has 2 nitrogen and oxygen atoms in total. The number of carbonyl (C=O) groups is 1. The van der Waals surface area contributed by atoms with Crippen LogP contribution in [0.25, 0.3) is 0 Å². The highest BCUT2D eigenvalue weighted by Crippen LogP contribution is 2.63. The number of hydrogen-bond acceptors (Lipinski definition) is 2. The summed E-state index contributed by atoms with van der Waals surface area (Å²) in [4.78, 5) is 12.3. The molecule has 114 valence electrons. The number of Topliss-reactive ketones (excluding diaryl/α,β-unsaturated/α-hetero) is 1. The standard InChI is InChI=1S/C17H30O2Si/c1-9(2)20(10(3)4,11(5)6)19-17-14-8-12-7-13(14)16(18)15(12)17/h9-15,17H,7-8H2,1-6H3/t12-,13+,14-,15+,17+/m0/s1. The first-order valence-corrected chi connectivity index (χ1v) is 10.7. The lowest BCUT2D eigenvalue weighted by atomic mass is 9.98. The van der Waals surface area contributed by atoms with E-state index in [1.165, 1.54) is 12.8 Å². The smallest absolute Gasteiger partial charge is 0.200 e. The van der Waals surface area contributed by atoms with Crippen molar-refractivity contribution in [3.05, 3.63) is 0 Å². The van der Waals surface area contributed by atoms with Gasteiger partial charge in [0.05, 0.1) is 6.10 Å². The molecule has 3 heteroatoms. The molecule has 20 heavy (non-hydrogen) atoms. The molecular weight excluding hydrogens is 264 g/mol. The van der Waals surface area contributed by atoms with Crippen LogP contribution < -0.4 is 0 Å². The van der Waals surface area contributed by atoms with E-state index in [1.807, 2.05) is 0 Å². The van der Waals surface area contributed by atoms with E-state index in [4.69, 9.17) is 4.43 Å². The summed E-state index contributed by atoms with van der Waals surface area (Å²) in [5.41, 5.74) is 1.86. The van der Waals surface area contributed by atoms with Crippen molar-refractivity contribution in [1.82, 2.24) is 0 Å². The lowest BCUT2D eigenvalue weighted by molar-refractivity contribution is -0.123. The molecule has 0 saturated heterocycles. The molecule has 0 unspecified atom stereocenters. The average molecular weight is 295 g/mol. The first-order valence-electron chi connectivity index (χ1n) is 8.52. The zero-order valence-corrected chi connectivity index (χ0v) is 14.8. The maximum atomic E-state index is 12.3. The zero-order chi connectivity index (χ0) is 14.8. The Morgan fingerprint density at radius 2 is 1.55 bits per heavy atom. The maximum absolute atomic E-state index is 12.3.